The number of carbonyl (C=O) groups excluding carboxylic acids is 1. The van der Waals surface area contributed by atoms with Crippen molar-refractivity contribution in [2.75, 3.05) is 14.2 Å². The number of aryl methyl sites for hydroxylation is 1. The number of H-pyrrole nitrogens is 1. The van der Waals surface area contributed by atoms with Crippen molar-refractivity contribution in [2.24, 2.45) is 0 Å². The van der Waals surface area contributed by atoms with Gasteiger partial charge < -0.3 is 14.5 Å². The van der Waals surface area contributed by atoms with Crippen molar-refractivity contribution >= 4 is 17.0 Å². The Bertz CT molecular complexity index is 678. The molecule has 0 atom stereocenters. The lowest BCUT2D eigenvalue weighted by atomic mass is 10.2. The van der Waals surface area contributed by atoms with E-state index >= 15 is 0 Å². The lowest BCUT2D eigenvalue weighted by Gasteiger charge is -2.05. The van der Waals surface area contributed by atoms with Crippen LogP contribution in [0.5, 0.6) is 6.01 Å². The standard InChI is InChI=1S/C11H11N3O4/c1-5-6-4-7(10(16)17-2)9(15)13-8(6)14-11(12-5)18-3/h4H,1-3H3,(H,12,13,14,15). The molecule has 1 N–H and O–H groups in total. The number of aromatic amines is 1. The lowest BCUT2D eigenvalue weighted by Crippen LogP contribution is -2.19. The van der Waals surface area contributed by atoms with E-state index in [0.29, 0.717) is 16.7 Å². The highest BCUT2D eigenvalue weighted by atomic mass is 16.5. The molecule has 7 nitrogen and oxygen atoms in total. The van der Waals surface area contributed by atoms with Gasteiger partial charge in [-0.25, -0.2) is 4.79 Å². The highest BCUT2D eigenvalue weighted by molar-refractivity contribution is 5.93. The summed E-state index contributed by atoms with van der Waals surface area (Å²) in [6.45, 7) is 1.73. The summed E-state index contributed by atoms with van der Waals surface area (Å²) in [5, 5.41) is 0.566. The minimum absolute atomic E-state index is 0.0816. The Morgan fingerprint density at radius 3 is 2.67 bits per heavy atom. The number of carbonyl (C=O) groups is 1. The number of ether oxygens (including phenoxy) is 2. The zero-order valence-electron chi connectivity index (χ0n) is 10.1. The summed E-state index contributed by atoms with van der Waals surface area (Å²) < 4.78 is 9.43. The summed E-state index contributed by atoms with van der Waals surface area (Å²) in [6, 6.07) is 1.57. The Balaban J connectivity index is 2.76. The van der Waals surface area contributed by atoms with E-state index in [9.17, 15) is 9.59 Å². The molecule has 0 saturated carbocycles. The number of nitrogens with one attached hydrogen (secondary N) is 1. The Hall–Kier alpha value is -2.44. The predicted molar refractivity (Wildman–Crippen MR) is 62.8 cm³/mol. The zero-order chi connectivity index (χ0) is 13.3. The van der Waals surface area contributed by atoms with Crippen LogP contribution in [0.1, 0.15) is 16.1 Å². The molecule has 0 unspecified atom stereocenters. The normalized spacial score (nSPS) is 10.4. The van der Waals surface area contributed by atoms with Crippen LogP contribution in [0.4, 0.5) is 0 Å². The molecule has 0 bridgehead atoms. The first-order chi connectivity index (χ1) is 8.56. The second-order valence-electron chi connectivity index (χ2n) is 3.56. The molecule has 0 aliphatic heterocycles. The van der Waals surface area contributed by atoms with Crippen LogP contribution in [0, 0.1) is 6.92 Å². The monoisotopic (exact) mass is 249 g/mol. The number of pyridine rings is 1. The lowest BCUT2D eigenvalue weighted by molar-refractivity contribution is 0.0599. The molecular formula is C11H11N3O4. The second-order valence-corrected chi connectivity index (χ2v) is 3.56. The van der Waals surface area contributed by atoms with Crippen LogP contribution in [0.2, 0.25) is 0 Å². The average molecular weight is 249 g/mol. The quantitative estimate of drug-likeness (QED) is 0.775. The number of esters is 1. The fraction of sp³-hybridized carbons (Fsp3) is 0.273. The van der Waals surface area contributed by atoms with E-state index in [4.69, 9.17) is 4.74 Å². The number of rotatable bonds is 2. The molecule has 2 aromatic rings. The highest BCUT2D eigenvalue weighted by Crippen LogP contribution is 2.16. The Morgan fingerprint density at radius 1 is 1.33 bits per heavy atom. The van der Waals surface area contributed by atoms with Gasteiger partial charge in [0, 0.05) is 5.39 Å². The summed E-state index contributed by atoms with van der Waals surface area (Å²) in [7, 11) is 2.64. The Labute approximate surface area is 102 Å². The van der Waals surface area contributed by atoms with Crippen LogP contribution in [0.15, 0.2) is 10.9 Å². The van der Waals surface area contributed by atoms with Crippen molar-refractivity contribution < 1.29 is 14.3 Å². The molecule has 0 fully saturated rings. The van der Waals surface area contributed by atoms with Crippen molar-refractivity contribution in [1.29, 1.82) is 0 Å². The molecule has 0 aliphatic carbocycles. The van der Waals surface area contributed by atoms with Gasteiger partial charge in [0.15, 0.2) is 0 Å². The van der Waals surface area contributed by atoms with Crippen LogP contribution in [0.3, 0.4) is 0 Å². The van der Waals surface area contributed by atoms with E-state index in [-0.39, 0.29) is 11.6 Å². The van der Waals surface area contributed by atoms with Gasteiger partial charge >= 0.3 is 12.0 Å². The van der Waals surface area contributed by atoms with Crippen LogP contribution >= 0.6 is 0 Å². The third-order valence-electron chi connectivity index (χ3n) is 2.47. The molecule has 0 aliphatic rings. The smallest absolute Gasteiger partial charge is 0.343 e. The summed E-state index contributed by atoms with van der Waals surface area (Å²) in [4.78, 5) is 33.7. The van der Waals surface area contributed by atoms with Gasteiger partial charge in [0.1, 0.15) is 11.2 Å². The maximum atomic E-state index is 11.7. The maximum absolute atomic E-state index is 11.7. The first-order valence-corrected chi connectivity index (χ1v) is 5.10. The van der Waals surface area contributed by atoms with Crippen molar-refractivity contribution in [2.45, 2.75) is 6.92 Å². The first-order valence-electron chi connectivity index (χ1n) is 5.10. The van der Waals surface area contributed by atoms with E-state index in [1.807, 2.05) is 0 Å². The minimum Gasteiger partial charge on any atom is -0.467 e. The zero-order valence-corrected chi connectivity index (χ0v) is 10.1. The van der Waals surface area contributed by atoms with Crippen LogP contribution in [-0.2, 0) is 4.74 Å². The number of hydrogen-bond donors (Lipinski definition) is 1. The van der Waals surface area contributed by atoms with Gasteiger partial charge in [-0.05, 0) is 13.0 Å². The van der Waals surface area contributed by atoms with Crippen molar-refractivity contribution in [1.82, 2.24) is 15.0 Å². The summed E-state index contributed by atoms with van der Waals surface area (Å²) in [5.74, 6) is -0.701. The number of nitrogens with zero attached hydrogens (tertiary/aromatic N) is 2. The summed E-state index contributed by atoms with van der Waals surface area (Å²) in [5.41, 5.74) is 0.270. The van der Waals surface area contributed by atoms with Gasteiger partial charge in [-0.2, -0.15) is 9.97 Å². The highest BCUT2D eigenvalue weighted by Gasteiger charge is 2.14. The van der Waals surface area contributed by atoms with E-state index in [2.05, 4.69) is 19.7 Å². The molecular weight excluding hydrogens is 238 g/mol. The van der Waals surface area contributed by atoms with Gasteiger partial charge in [-0.3, -0.25) is 4.79 Å². The first kappa shape index (κ1) is 12.0. The average Bonchev–Trinajstić information content (AvgIpc) is 2.36. The third kappa shape index (κ3) is 1.90. The third-order valence-corrected chi connectivity index (χ3v) is 2.47. The number of fused-ring (bicyclic) bond motifs is 1. The van der Waals surface area contributed by atoms with Crippen molar-refractivity contribution in [3.05, 3.63) is 27.7 Å². The van der Waals surface area contributed by atoms with E-state index < -0.39 is 11.5 Å². The second kappa shape index (κ2) is 4.44. The molecule has 0 radical (unpaired) electrons. The van der Waals surface area contributed by atoms with Gasteiger partial charge in [0.05, 0.1) is 19.9 Å². The molecule has 0 amide bonds. The van der Waals surface area contributed by atoms with Crippen molar-refractivity contribution in [3.63, 3.8) is 0 Å². The largest absolute Gasteiger partial charge is 0.467 e. The molecule has 0 spiro atoms. The Morgan fingerprint density at radius 2 is 2.06 bits per heavy atom. The van der Waals surface area contributed by atoms with Crippen LogP contribution < -0.4 is 10.3 Å². The molecule has 18 heavy (non-hydrogen) atoms. The summed E-state index contributed by atoms with van der Waals surface area (Å²) in [6.07, 6.45) is 0. The fourth-order valence-electron chi connectivity index (χ4n) is 1.56. The van der Waals surface area contributed by atoms with E-state index in [0.717, 1.165) is 0 Å². The molecule has 94 valence electrons. The van der Waals surface area contributed by atoms with E-state index in [1.165, 1.54) is 20.3 Å². The van der Waals surface area contributed by atoms with E-state index in [1.54, 1.807) is 6.92 Å². The van der Waals surface area contributed by atoms with Gasteiger partial charge in [-0.15, -0.1) is 0 Å². The number of hydrogen-bond acceptors (Lipinski definition) is 6. The predicted octanol–water partition coefficient (Wildman–Crippen LogP) is 0.422. The molecule has 7 heteroatoms. The molecule has 2 aromatic heterocycles. The van der Waals surface area contributed by atoms with Crippen LogP contribution in [0.25, 0.3) is 11.0 Å². The topological polar surface area (TPSA) is 94.2 Å². The van der Waals surface area contributed by atoms with Gasteiger partial charge in [-0.1, -0.05) is 0 Å². The minimum atomic E-state index is -0.701. The molecule has 0 aromatic carbocycles. The molecule has 0 saturated heterocycles. The molecule has 2 heterocycles. The SMILES string of the molecule is COC(=O)c1cc2c(C)nc(OC)nc2[nH]c1=O. The molecule has 2 rings (SSSR count). The van der Waals surface area contributed by atoms with Crippen LogP contribution in [-0.4, -0.2) is 35.1 Å². The number of aromatic nitrogens is 3. The fourth-order valence-corrected chi connectivity index (χ4v) is 1.56. The van der Waals surface area contributed by atoms with Gasteiger partial charge in [0.25, 0.3) is 5.56 Å². The number of methoxy groups -OCH3 is 2. The van der Waals surface area contributed by atoms with Crippen molar-refractivity contribution in [3.8, 4) is 6.01 Å². The summed E-state index contributed by atoms with van der Waals surface area (Å²) >= 11 is 0. The van der Waals surface area contributed by atoms with Gasteiger partial charge in [0.2, 0.25) is 0 Å². The maximum Gasteiger partial charge on any atom is 0.343 e. The Kier molecular flexibility index (Phi) is 2.97.